The molecule has 2 nitrogen and oxygen atoms in total. The molecule has 0 radical (unpaired) electrons. The highest BCUT2D eigenvalue weighted by atomic mass is 16.3. The zero-order valence-electron chi connectivity index (χ0n) is 8.50. The maximum Gasteiger partial charge on any atom is 0.110 e. The summed E-state index contributed by atoms with van der Waals surface area (Å²) in [6.45, 7) is 7.38. The van der Waals surface area contributed by atoms with E-state index in [2.05, 4.69) is 20.8 Å². The third-order valence-corrected chi connectivity index (χ3v) is 3.49. The van der Waals surface area contributed by atoms with Crippen molar-refractivity contribution in [3.8, 4) is 0 Å². The topological polar surface area (TPSA) is 39.2 Å². The van der Waals surface area contributed by atoms with Crippen LogP contribution in [0, 0.1) is 18.3 Å². The third kappa shape index (κ3) is 1.12. The second-order valence-corrected chi connectivity index (χ2v) is 4.61. The molecule has 1 aliphatic rings. The highest BCUT2D eigenvalue weighted by Crippen LogP contribution is 2.64. The molecule has 0 unspecified atom stereocenters. The monoisotopic (exact) mass is 179 g/mol. The number of furan rings is 1. The van der Waals surface area contributed by atoms with Gasteiger partial charge in [-0.05, 0) is 36.4 Å². The molecule has 1 aliphatic carbocycles. The molecule has 2 N–H and O–H groups in total. The van der Waals surface area contributed by atoms with Crippen LogP contribution in [0.3, 0.4) is 0 Å². The fraction of sp³-hybridized carbons (Fsp3) is 0.636. The Kier molecular flexibility index (Phi) is 1.77. The van der Waals surface area contributed by atoms with Crippen molar-refractivity contribution in [1.29, 1.82) is 0 Å². The summed E-state index contributed by atoms with van der Waals surface area (Å²) in [5, 5.41) is 0. The van der Waals surface area contributed by atoms with Crippen LogP contribution in [-0.2, 0) is 0 Å². The van der Waals surface area contributed by atoms with E-state index in [9.17, 15) is 0 Å². The lowest BCUT2D eigenvalue weighted by Crippen LogP contribution is -2.05. The zero-order valence-corrected chi connectivity index (χ0v) is 8.50. The van der Waals surface area contributed by atoms with Crippen molar-refractivity contribution in [3.63, 3.8) is 0 Å². The molecule has 1 heterocycles. The molecule has 0 spiro atoms. The fourth-order valence-corrected chi connectivity index (χ4v) is 2.41. The van der Waals surface area contributed by atoms with E-state index >= 15 is 0 Å². The van der Waals surface area contributed by atoms with Gasteiger partial charge in [0.15, 0.2) is 0 Å². The third-order valence-electron chi connectivity index (χ3n) is 3.49. The minimum atomic E-state index is 0.331. The normalized spacial score (nSPS) is 30.5. The summed E-state index contributed by atoms with van der Waals surface area (Å²) >= 11 is 0. The van der Waals surface area contributed by atoms with E-state index in [0.717, 1.165) is 12.3 Å². The van der Waals surface area contributed by atoms with Crippen LogP contribution in [0.1, 0.15) is 31.1 Å². The Morgan fingerprint density at radius 1 is 1.54 bits per heavy atom. The molecule has 1 saturated carbocycles. The van der Waals surface area contributed by atoms with Crippen LogP contribution >= 0.6 is 0 Å². The first-order chi connectivity index (χ1) is 6.09. The van der Waals surface area contributed by atoms with Crippen LogP contribution in [0.5, 0.6) is 0 Å². The van der Waals surface area contributed by atoms with Gasteiger partial charge in [0.2, 0.25) is 0 Å². The van der Waals surface area contributed by atoms with Crippen molar-refractivity contribution in [2.75, 3.05) is 6.54 Å². The van der Waals surface area contributed by atoms with Crippen molar-refractivity contribution in [2.45, 2.75) is 26.7 Å². The Hall–Kier alpha value is -0.760. The Labute approximate surface area is 79.1 Å². The van der Waals surface area contributed by atoms with Crippen LogP contribution in [0.4, 0.5) is 0 Å². The van der Waals surface area contributed by atoms with E-state index in [1.54, 1.807) is 6.26 Å². The van der Waals surface area contributed by atoms with Gasteiger partial charge >= 0.3 is 0 Å². The van der Waals surface area contributed by atoms with Crippen molar-refractivity contribution in [1.82, 2.24) is 0 Å². The predicted octanol–water partition coefficient (Wildman–Crippen LogP) is 2.29. The van der Waals surface area contributed by atoms with Gasteiger partial charge in [-0.2, -0.15) is 0 Å². The van der Waals surface area contributed by atoms with Gasteiger partial charge in [0.05, 0.1) is 6.26 Å². The van der Waals surface area contributed by atoms with E-state index in [1.807, 2.05) is 6.07 Å². The SMILES string of the molecule is Cc1ccoc1[C@@H]1[C@@H](CN)C1(C)C. The largest absolute Gasteiger partial charge is 0.469 e. The molecule has 2 rings (SSSR count). The lowest BCUT2D eigenvalue weighted by atomic mass is 10.1. The molecule has 0 aromatic carbocycles. The summed E-state index contributed by atoms with van der Waals surface area (Å²) in [6.07, 6.45) is 1.77. The molecular weight excluding hydrogens is 162 g/mol. The van der Waals surface area contributed by atoms with Gasteiger partial charge in [0.25, 0.3) is 0 Å². The summed E-state index contributed by atoms with van der Waals surface area (Å²) in [4.78, 5) is 0. The van der Waals surface area contributed by atoms with Crippen LogP contribution in [0.25, 0.3) is 0 Å². The van der Waals surface area contributed by atoms with E-state index in [4.69, 9.17) is 10.2 Å². The minimum absolute atomic E-state index is 0.331. The van der Waals surface area contributed by atoms with Crippen molar-refractivity contribution in [2.24, 2.45) is 17.1 Å². The average Bonchev–Trinajstić information content (AvgIpc) is 2.41. The van der Waals surface area contributed by atoms with E-state index in [-0.39, 0.29) is 0 Å². The highest BCUT2D eigenvalue weighted by molar-refractivity contribution is 5.30. The van der Waals surface area contributed by atoms with Gasteiger partial charge in [-0.1, -0.05) is 13.8 Å². The predicted molar refractivity (Wildman–Crippen MR) is 52.5 cm³/mol. The fourth-order valence-electron chi connectivity index (χ4n) is 2.41. The second kappa shape index (κ2) is 2.61. The first-order valence-corrected chi connectivity index (χ1v) is 4.83. The van der Waals surface area contributed by atoms with Crippen molar-refractivity contribution in [3.05, 3.63) is 23.7 Å². The number of rotatable bonds is 2. The van der Waals surface area contributed by atoms with Crippen molar-refractivity contribution < 1.29 is 4.42 Å². The number of aryl methyl sites for hydroxylation is 1. The summed E-state index contributed by atoms with van der Waals surface area (Å²) in [6, 6.07) is 2.03. The van der Waals surface area contributed by atoms with E-state index in [1.165, 1.54) is 5.56 Å². The van der Waals surface area contributed by atoms with Gasteiger partial charge in [-0.25, -0.2) is 0 Å². The van der Waals surface area contributed by atoms with Crippen molar-refractivity contribution >= 4 is 0 Å². The summed E-state index contributed by atoms with van der Waals surface area (Å²) < 4.78 is 5.50. The molecule has 0 saturated heterocycles. The molecule has 2 atom stereocenters. The average molecular weight is 179 g/mol. The van der Waals surface area contributed by atoms with Crippen LogP contribution in [-0.4, -0.2) is 6.54 Å². The Morgan fingerprint density at radius 3 is 2.62 bits per heavy atom. The zero-order chi connectivity index (χ0) is 9.64. The Balaban J connectivity index is 2.26. The maximum atomic E-state index is 5.71. The molecule has 1 aromatic rings. The van der Waals surface area contributed by atoms with Gasteiger partial charge in [-0.15, -0.1) is 0 Å². The standard InChI is InChI=1S/C11H17NO/c1-7-4-5-13-10(7)9-8(6-12)11(9,2)3/h4-5,8-9H,6,12H2,1-3H3/t8-,9+/m1/s1. The minimum Gasteiger partial charge on any atom is -0.469 e. The summed E-state index contributed by atoms with van der Waals surface area (Å²) in [5.41, 5.74) is 7.30. The van der Waals surface area contributed by atoms with Crippen LogP contribution < -0.4 is 5.73 Å². The molecule has 1 aromatic heterocycles. The molecule has 0 amide bonds. The molecule has 72 valence electrons. The first-order valence-electron chi connectivity index (χ1n) is 4.83. The molecular formula is C11H17NO. The second-order valence-electron chi connectivity index (χ2n) is 4.61. The lowest BCUT2D eigenvalue weighted by molar-refractivity contribution is 0.479. The Bertz CT molecular complexity index is 314. The first kappa shape index (κ1) is 8.82. The van der Waals surface area contributed by atoms with E-state index < -0.39 is 0 Å². The molecule has 0 aliphatic heterocycles. The smallest absolute Gasteiger partial charge is 0.110 e. The van der Waals surface area contributed by atoms with Crippen LogP contribution in [0.2, 0.25) is 0 Å². The van der Waals surface area contributed by atoms with Gasteiger partial charge < -0.3 is 10.2 Å². The number of hydrogen-bond donors (Lipinski definition) is 1. The Morgan fingerprint density at radius 2 is 2.23 bits per heavy atom. The lowest BCUT2D eigenvalue weighted by Gasteiger charge is -2.00. The highest BCUT2D eigenvalue weighted by Gasteiger charge is 2.59. The molecule has 1 fully saturated rings. The van der Waals surface area contributed by atoms with Gasteiger partial charge in [0, 0.05) is 5.92 Å². The number of hydrogen-bond acceptors (Lipinski definition) is 2. The van der Waals surface area contributed by atoms with E-state index in [0.29, 0.717) is 17.3 Å². The maximum absolute atomic E-state index is 5.71. The van der Waals surface area contributed by atoms with Gasteiger partial charge in [-0.3, -0.25) is 0 Å². The van der Waals surface area contributed by atoms with Crippen LogP contribution in [0.15, 0.2) is 16.7 Å². The summed E-state index contributed by atoms with van der Waals surface area (Å²) in [5.74, 6) is 2.27. The molecule has 13 heavy (non-hydrogen) atoms. The molecule has 0 bridgehead atoms. The molecule has 2 heteroatoms. The quantitative estimate of drug-likeness (QED) is 0.756. The number of nitrogens with two attached hydrogens (primary N) is 1. The van der Waals surface area contributed by atoms with Gasteiger partial charge in [0.1, 0.15) is 5.76 Å². The summed E-state index contributed by atoms with van der Waals surface area (Å²) in [7, 11) is 0.